The molecular formula is C18H22FNO. The summed E-state index contributed by atoms with van der Waals surface area (Å²) in [6, 6.07) is 6.90. The Labute approximate surface area is 125 Å². The fourth-order valence-electron chi connectivity index (χ4n) is 3.92. The van der Waals surface area contributed by atoms with Gasteiger partial charge in [-0.1, -0.05) is 24.2 Å². The molecular weight excluding hydrogens is 265 g/mol. The van der Waals surface area contributed by atoms with Crippen LogP contribution < -0.4 is 0 Å². The van der Waals surface area contributed by atoms with Gasteiger partial charge in [0.25, 0.3) is 0 Å². The lowest BCUT2D eigenvalue weighted by Crippen LogP contribution is -2.18. The maximum Gasteiger partial charge on any atom is 0.123 e. The third-order valence-electron chi connectivity index (χ3n) is 4.81. The van der Waals surface area contributed by atoms with Crippen molar-refractivity contribution in [2.45, 2.75) is 39.0 Å². The lowest BCUT2D eigenvalue weighted by molar-refractivity contribution is 0.212. The van der Waals surface area contributed by atoms with Crippen LogP contribution in [0.5, 0.6) is 0 Å². The highest BCUT2D eigenvalue weighted by Crippen LogP contribution is 2.49. The van der Waals surface area contributed by atoms with Crippen LogP contribution in [-0.2, 0) is 4.84 Å². The Hall–Kier alpha value is -1.64. The van der Waals surface area contributed by atoms with Gasteiger partial charge in [0.15, 0.2) is 0 Å². The molecule has 2 atom stereocenters. The zero-order chi connectivity index (χ0) is 14.8. The van der Waals surface area contributed by atoms with E-state index in [1.165, 1.54) is 30.4 Å². The molecule has 2 nitrogen and oxygen atoms in total. The Kier molecular flexibility index (Phi) is 4.09. The number of benzene rings is 1. The molecule has 112 valence electrons. The van der Waals surface area contributed by atoms with Crippen molar-refractivity contribution in [3.8, 4) is 0 Å². The van der Waals surface area contributed by atoms with E-state index in [1.54, 1.807) is 19.2 Å². The van der Waals surface area contributed by atoms with Gasteiger partial charge < -0.3 is 4.84 Å². The Bertz CT molecular complexity index is 573. The normalized spacial score (nSPS) is 25.4. The molecule has 1 unspecified atom stereocenters. The van der Waals surface area contributed by atoms with Crippen LogP contribution >= 0.6 is 0 Å². The molecule has 21 heavy (non-hydrogen) atoms. The minimum atomic E-state index is -0.180. The van der Waals surface area contributed by atoms with Crippen LogP contribution in [0, 0.1) is 17.7 Å². The molecule has 0 amide bonds. The molecule has 0 aromatic heterocycles. The Morgan fingerprint density at radius 2 is 2.05 bits per heavy atom. The third-order valence-corrected chi connectivity index (χ3v) is 4.81. The molecule has 2 aliphatic carbocycles. The summed E-state index contributed by atoms with van der Waals surface area (Å²) in [7, 11) is 1.61. The fourth-order valence-corrected chi connectivity index (χ4v) is 3.92. The van der Waals surface area contributed by atoms with Gasteiger partial charge in [-0.15, -0.1) is 0 Å². The van der Waals surface area contributed by atoms with Crippen molar-refractivity contribution in [3.63, 3.8) is 0 Å². The standard InChI is InChI=1S/C18H22FNO/c1-3-17(20-21-2)18-14-5-4-12(10-14)11-16(18)13-6-8-15(19)9-7-13/h6-9,12,14H,3-5,10-11H2,1-2H3/t12?,14-/m0/s1. The van der Waals surface area contributed by atoms with Crippen LogP contribution in [-0.4, -0.2) is 12.8 Å². The molecule has 2 aliphatic rings. The summed E-state index contributed by atoms with van der Waals surface area (Å²) in [6.07, 6.45) is 5.76. The summed E-state index contributed by atoms with van der Waals surface area (Å²) in [5.41, 5.74) is 4.91. The molecule has 0 radical (unpaired) electrons. The number of allylic oxidation sites excluding steroid dienone is 2. The van der Waals surface area contributed by atoms with Crippen LogP contribution in [0.15, 0.2) is 35.0 Å². The van der Waals surface area contributed by atoms with Gasteiger partial charge in [-0.05, 0) is 72.8 Å². The van der Waals surface area contributed by atoms with E-state index in [-0.39, 0.29) is 5.82 Å². The van der Waals surface area contributed by atoms with Gasteiger partial charge in [0, 0.05) is 0 Å². The van der Waals surface area contributed by atoms with Gasteiger partial charge in [-0.2, -0.15) is 0 Å². The number of fused-ring (bicyclic) bond motifs is 2. The fraction of sp³-hybridized carbons (Fsp3) is 0.500. The van der Waals surface area contributed by atoms with Crippen LogP contribution in [0.25, 0.3) is 5.57 Å². The second-order valence-corrected chi connectivity index (χ2v) is 6.05. The quantitative estimate of drug-likeness (QED) is 0.575. The molecule has 1 fully saturated rings. The first-order valence-corrected chi connectivity index (χ1v) is 7.82. The number of nitrogens with zero attached hydrogens (tertiary/aromatic N) is 1. The number of hydrogen-bond acceptors (Lipinski definition) is 2. The summed E-state index contributed by atoms with van der Waals surface area (Å²) in [4.78, 5) is 5.05. The highest BCUT2D eigenvalue weighted by atomic mass is 19.1. The smallest absolute Gasteiger partial charge is 0.123 e. The van der Waals surface area contributed by atoms with E-state index in [9.17, 15) is 4.39 Å². The van der Waals surface area contributed by atoms with Gasteiger partial charge >= 0.3 is 0 Å². The van der Waals surface area contributed by atoms with E-state index in [1.807, 2.05) is 12.1 Å². The molecule has 3 rings (SSSR count). The second-order valence-electron chi connectivity index (χ2n) is 6.05. The number of hydrogen-bond donors (Lipinski definition) is 0. The van der Waals surface area contributed by atoms with E-state index in [2.05, 4.69) is 12.1 Å². The molecule has 3 heteroatoms. The average molecular weight is 287 g/mol. The predicted octanol–water partition coefficient (Wildman–Crippen LogP) is 4.81. The van der Waals surface area contributed by atoms with Gasteiger partial charge in [0.2, 0.25) is 0 Å². The Morgan fingerprint density at radius 3 is 2.71 bits per heavy atom. The van der Waals surface area contributed by atoms with E-state index in [0.717, 1.165) is 30.0 Å². The van der Waals surface area contributed by atoms with E-state index in [4.69, 9.17) is 4.84 Å². The van der Waals surface area contributed by atoms with E-state index in [0.29, 0.717) is 5.92 Å². The van der Waals surface area contributed by atoms with Crippen LogP contribution in [0.2, 0.25) is 0 Å². The number of rotatable bonds is 4. The summed E-state index contributed by atoms with van der Waals surface area (Å²) < 4.78 is 13.2. The van der Waals surface area contributed by atoms with Gasteiger partial charge in [-0.3, -0.25) is 0 Å². The van der Waals surface area contributed by atoms with Crippen molar-refractivity contribution in [1.29, 1.82) is 0 Å². The van der Waals surface area contributed by atoms with Crippen molar-refractivity contribution >= 4 is 11.3 Å². The van der Waals surface area contributed by atoms with Gasteiger partial charge in [0.05, 0.1) is 5.71 Å². The number of halogens is 1. The van der Waals surface area contributed by atoms with Crippen molar-refractivity contribution in [3.05, 3.63) is 41.2 Å². The topological polar surface area (TPSA) is 21.6 Å². The lowest BCUT2D eigenvalue weighted by Gasteiger charge is -2.27. The summed E-state index contributed by atoms with van der Waals surface area (Å²) >= 11 is 0. The van der Waals surface area contributed by atoms with Crippen LogP contribution in [0.4, 0.5) is 4.39 Å². The average Bonchev–Trinajstić information content (AvgIpc) is 2.88. The van der Waals surface area contributed by atoms with Crippen molar-refractivity contribution in [1.82, 2.24) is 0 Å². The van der Waals surface area contributed by atoms with Crippen LogP contribution in [0.1, 0.15) is 44.6 Å². The van der Waals surface area contributed by atoms with Crippen molar-refractivity contribution in [2.75, 3.05) is 7.11 Å². The molecule has 0 aliphatic heterocycles. The minimum Gasteiger partial charge on any atom is -0.399 e. The minimum absolute atomic E-state index is 0.180. The van der Waals surface area contributed by atoms with E-state index >= 15 is 0 Å². The zero-order valence-corrected chi connectivity index (χ0v) is 12.7. The number of oxime groups is 1. The monoisotopic (exact) mass is 287 g/mol. The predicted molar refractivity (Wildman–Crippen MR) is 83.5 cm³/mol. The first-order chi connectivity index (χ1) is 10.2. The molecule has 1 aromatic rings. The molecule has 2 bridgehead atoms. The summed E-state index contributed by atoms with van der Waals surface area (Å²) in [5.74, 6) is 1.19. The molecule has 1 aromatic carbocycles. The summed E-state index contributed by atoms with van der Waals surface area (Å²) in [6.45, 7) is 2.12. The Morgan fingerprint density at radius 1 is 1.29 bits per heavy atom. The first kappa shape index (κ1) is 14.3. The second kappa shape index (κ2) is 6.00. The van der Waals surface area contributed by atoms with Gasteiger partial charge in [0.1, 0.15) is 12.9 Å². The van der Waals surface area contributed by atoms with Crippen molar-refractivity contribution < 1.29 is 9.23 Å². The maximum atomic E-state index is 13.2. The maximum absolute atomic E-state index is 13.2. The molecule has 0 saturated heterocycles. The Balaban J connectivity index is 2.09. The molecule has 0 spiro atoms. The lowest BCUT2D eigenvalue weighted by atomic mass is 9.78. The first-order valence-electron chi connectivity index (χ1n) is 7.82. The van der Waals surface area contributed by atoms with Crippen LogP contribution in [0.3, 0.4) is 0 Å². The zero-order valence-electron chi connectivity index (χ0n) is 12.7. The van der Waals surface area contributed by atoms with E-state index < -0.39 is 0 Å². The largest absolute Gasteiger partial charge is 0.399 e. The highest BCUT2D eigenvalue weighted by Gasteiger charge is 2.36. The molecule has 0 heterocycles. The third kappa shape index (κ3) is 2.74. The molecule has 1 saturated carbocycles. The summed E-state index contributed by atoms with van der Waals surface area (Å²) in [5, 5.41) is 4.26. The SMILES string of the molecule is CCC(=NOC)C1=C(c2ccc(F)cc2)CC2CC[C@H]1C2. The molecule has 0 N–H and O–H groups in total. The van der Waals surface area contributed by atoms with Crippen molar-refractivity contribution in [2.24, 2.45) is 17.0 Å². The van der Waals surface area contributed by atoms with Gasteiger partial charge in [-0.25, -0.2) is 4.39 Å². The highest BCUT2D eigenvalue weighted by molar-refractivity contribution is 6.06.